The minimum absolute atomic E-state index is 0.0674. The Balaban J connectivity index is 2.15. The van der Waals surface area contributed by atoms with E-state index in [4.69, 9.17) is 16.1 Å². The van der Waals surface area contributed by atoms with Crippen molar-refractivity contribution in [3.8, 4) is 6.07 Å². The second kappa shape index (κ2) is 5.67. The molecule has 22 heavy (non-hydrogen) atoms. The number of benzene rings is 1. The quantitative estimate of drug-likeness (QED) is 0.802. The van der Waals surface area contributed by atoms with E-state index in [1.165, 1.54) is 24.7 Å². The Labute approximate surface area is 134 Å². The molecule has 0 amide bonds. The Kier molecular flexibility index (Phi) is 3.85. The van der Waals surface area contributed by atoms with Gasteiger partial charge in [-0.25, -0.2) is 0 Å². The van der Waals surface area contributed by atoms with Crippen molar-refractivity contribution in [1.29, 1.82) is 5.26 Å². The molecule has 0 saturated heterocycles. The van der Waals surface area contributed by atoms with Gasteiger partial charge in [-0.1, -0.05) is 16.8 Å². The van der Waals surface area contributed by atoms with Crippen molar-refractivity contribution in [2.75, 3.05) is 6.26 Å². The normalized spacial score (nSPS) is 15.3. The zero-order chi connectivity index (χ0) is 15.9. The number of nitrogens with zero attached hydrogens (tertiary/aromatic N) is 2. The molecule has 0 spiro atoms. The van der Waals surface area contributed by atoms with Crippen LogP contribution in [0.4, 0.5) is 0 Å². The number of hydrogen-bond acceptors (Lipinski definition) is 5. The van der Waals surface area contributed by atoms with Crippen LogP contribution in [-0.2, 0) is 10.8 Å². The summed E-state index contributed by atoms with van der Waals surface area (Å²) in [6.45, 7) is 0. The molecule has 1 aliphatic carbocycles. The lowest BCUT2D eigenvalue weighted by Crippen LogP contribution is -2.09. The second-order valence-corrected chi connectivity index (χ2v) is 6.81. The third-order valence-corrected chi connectivity index (χ3v) is 4.87. The van der Waals surface area contributed by atoms with E-state index >= 15 is 0 Å². The molecule has 1 aromatic carbocycles. The highest BCUT2D eigenvalue weighted by molar-refractivity contribution is 7.84. The summed E-state index contributed by atoms with van der Waals surface area (Å²) in [4.78, 5) is 12.9. The highest BCUT2D eigenvalue weighted by Crippen LogP contribution is 2.41. The van der Waals surface area contributed by atoms with Crippen LogP contribution < -0.4 is 0 Å². The van der Waals surface area contributed by atoms with Gasteiger partial charge in [-0.2, -0.15) is 5.26 Å². The number of aromatic nitrogens is 1. The fourth-order valence-electron chi connectivity index (χ4n) is 2.35. The van der Waals surface area contributed by atoms with Crippen LogP contribution >= 0.6 is 11.6 Å². The van der Waals surface area contributed by atoms with E-state index in [1.54, 1.807) is 0 Å². The average molecular weight is 335 g/mol. The lowest BCUT2D eigenvalue weighted by Gasteiger charge is -2.09. The summed E-state index contributed by atoms with van der Waals surface area (Å²) in [6, 6.07) is 4.88. The number of ketones is 1. The predicted octanol–water partition coefficient (Wildman–Crippen LogP) is 3.05. The van der Waals surface area contributed by atoms with Crippen LogP contribution in [0, 0.1) is 11.3 Å². The first-order valence-corrected chi connectivity index (χ1v) is 8.53. The van der Waals surface area contributed by atoms with Gasteiger partial charge < -0.3 is 4.52 Å². The van der Waals surface area contributed by atoms with Gasteiger partial charge in [0.25, 0.3) is 0 Å². The first-order valence-electron chi connectivity index (χ1n) is 6.59. The molecule has 0 aliphatic heterocycles. The van der Waals surface area contributed by atoms with Gasteiger partial charge in [0, 0.05) is 17.7 Å². The Morgan fingerprint density at radius 2 is 2.18 bits per heavy atom. The molecule has 3 rings (SSSR count). The highest BCUT2D eigenvalue weighted by Gasteiger charge is 2.33. The highest BCUT2D eigenvalue weighted by atomic mass is 35.5. The molecule has 1 aromatic heterocycles. The molecule has 0 N–H and O–H groups in total. The van der Waals surface area contributed by atoms with Crippen LogP contribution in [0.1, 0.15) is 45.9 Å². The molecule has 2 aromatic rings. The SMILES string of the molecule is CS(=O)c1c(C(=O)c2conc2C2CC2)ccc(Cl)c1C#N. The summed E-state index contributed by atoms with van der Waals surface area (Å²) < 4.78 is 16.9. The fourth-order valence-corrected chi connectivity index (χ4v) is 3.52. The predicted molar refractivity (Wildman–Crippen MR) is 80.4 cm³/mol. The van der Waals surface area contributed by atoms with Crippen LogP contribution in [0.3, 0.4) is 0 Å². The van der Waals surface area contributed by atoms with Gasteiger partial charge in [0.1, 0.15) is 12.3 Å². The van der Waals surface area contributed by atoms with Crippen molar-refractivity contribution >= 4 is 28.2 Å². The van der Waals surface area contributed by atoms with E-state index < -0.39 is 10.8 Å². The molecule has 7 heteroatoms. The van der Waals surface area contributed by atoms with Crippen LogP contribution in [0.15, 0.2) is 27.8 Å². The van der Waals surface area contributed by atoms with Gasteiger partial charge in [0.15, 0.2) is 5.78 Å². The van der Waals surface area contributed by atoms with Gasteiger partial charge in [0.2, 0.25) is 0 Å². The van der Waals surface area contributed by atoms with Crippen LogP contribution in [0.5, 0.6) is 0 Å². The number of carbonyl (C=O) groups excluding carboxylic acids is 1. The lowest BCUT2D eigenvalue weighted by atomic mass is 10.0. The maximum atomic E-state index is 12.8. The topological polar surface area (TPSA) is 84.0 Å². The molecule has 1 unspecified atom stereocenters. The largest absolute Gasteiger partial charge is 0.364 e. The van der Waals surface area contributed by atoms with Gasteiger partial charge in [-0.05, 0) is 25.0 Å². The summed E-state index contributed by atoms with van der Waals surface area (Å²) in [5.74, 6) is -0.0995. The Morgan fingerprint density at radius 1 is 1.45 bits per heavy atom. The molecule has 112 valence electrons. The summed E-state index contributed by atoms with van der Waals surface area (Å²) >= 11 is 5.97. The van der Waals surface area contributed by atoms with Crippen molar-refractivity contribution < 1.29 is 13.5 Å². The van der Waals surface area contributed by atoms with Gasteiger partial charge in [-0.15, -0.1) is 0 Å². The first kappa shape index (κ1) is 14.9. The van der Waals surface area contributed by atoms with Crippen LogP contribution in [0.2, 0.25) is 5.02 Å². The lowest BCUT2D eigenvalue weighted by molar-refractivity contribution is 0.103. The monoisotopic (exact) mass is 334 g/mol. The molecule has 1 fully saturated rings. The maximum Gasteiger partial charge on any atom is 0.199 e. The van der Waals surface area contributed by atoms with Crippen molar-refractivity contribution in [3.63, 3.8) is 0 Å². The van der Waals surface area contributed by atoms with Gasteiger partial charge >= 0.3 is 0 Å². The average Bonchev–Trinajstić information content (AvgIpc) is 3.23. The number of rotatable bonds is 4. The van der Waals surface area contributed by atoms with E-state index in [9.17, 15) is 14.3 Å². The molecule has 0 radical (unpaired) electrons. The van der Waals surface area contributed by atoms with E-state index in [2.05, 4.69) is 5.16 Å². The molecule has 1 atom stereocenters. The van der Waals surface area contributed by atoms with E-state index in [0.717, 1.165) is 12.8 Å². The number of carbonyl (C=O) groups is 1. The fraction of sp³-hybridized carbons (Fsp3) is 0.267. The van der Waals surface area contributed by atoms with Crippen molar-refractivity contribution in [2.24, 2.45) is 0 Å². The third kappa shape index (κ3) is 2.47. The van der Waals surface area contributed by atoms with Crippen LogP contribution in [0.25, 0.3) is 0 Å². The summed E-state index contributed by atoms with van der Waals surface area (Å²) in [5.41, 5.74) is 1.26. The van der Waals surface area contributed by atoms with Crippen molar-refractivity contribution in [3.05, 3.63) is 45.8 Å². The Bertz CT molecular complexity index is 834. The van der Waals surface area contributed by atoms with Crippen molar-refractivity contribution in [1.82, 2.24) is 5.16 Å². The Morgan fingerprint density at radius 3 is 2.77 bits per heavy atom. The zero-order valence-electron chi connectivity index (χ0n) is 11.6. The summed E-state index contributed by atoms with van der Waals surface area (Å²) in [5, 5.41) is 13.3. The molecule has 1 saturated carbocycles. The minimum Gasteiger partial charge on any atom is -0.364 e. The second-order valence-electron chi connectivity index (χ2n) is 5.08. The molecular weight excluding hydrogens is 324 g/mol. The summed E-state index contributed by atoms with van der Waals surface area (Å²) in [6.07, 6.45) is 4.67. The number of nitriles is 1. The minimum atomic E-state index is -1.52. The zero-order valence-corrected chi connectivity index (χ0v) is 13.2. The number of halogens is 1. The van der Waals surface area contributed by atoms with Crippen LogP contribution in [-0.4, -0.2) is 21.4 Å². The van der Waals surface area contributed by atoms with Crippen molar-refractivity contribution in [2.45, 2.75) is 23.7 Å². The third-order valence-electron chi connectivity index (χ3n) is 3.56. The maximum absolute atomic E-state index is 12.8. The van der Waals surface area contributed by atoms with E-state index in [1.807, 2.05) is 6.07 Å². The van der Waals surface area contributed by atoms with E-state index in [0.29, 0.717) is 11.3 Å². The number of hydrogen-bond donors (Lipinski definition) is 0. The molecule has 0 bridgehead atoms. The first-order chi connectivity index (χ1) is 10.5. The Hall–Kier alpha value is -1.97. The van der Waals surface area contributed by atoms with E-state index in [-0.39, 0.29) is 32.7 Å². The molecule has 1 heterocycles. The summed E-state index contributed by atoms with van der Waals surface area (Å²) in [7, 11) is -1.52. The van der Waals surface area contributed by atoms with Gasteiger partial charge in [-0.3, -0.25) is 9.00 Å². The van der Waals surface area contributed by atoms with Gasteiger partial charge in [0.05, 0.1) is 37.5 Å². The standard InChI is InChI=1S/C15H11ClN2O3S/c1-22(20)15-9(4-5-12(16)10(15)6-17)14(19)11-7-21-18-13(11)8-2-3-8/h4-5,7-8H,2-3H2,1H3. The smallest absolute Gasteiger partial charge is 0.199 e. The molecule has 5 nitrogen and oxygen atoms in total. The molecule has 1 aliphatic rings. The molecular formula is C15H11ClN2O3S.